The van der Waals surface area contributed by atoms with Gasteiger partial charge in [0.05, 0.1) is 26.4 Å². The molecule has 166 valence electrons. The third kappa shape index (κ3) is 8.71. The highest BCUT2D eigenvalue weighted by atomic mass is 16.5. The number of aliphatic hydroxyl groups is 2. The Morgan fingerprint density at radius 1 is 0.967 bits per heavy atom. The zero-order chi connectivity index (χ0) is 21.6. The van der Waals surface area contributed by atoms with Crippen LogP contribution in [0.3, 0.4) is 0 Å². The number of hydrogen-bond acceptors (Lipinski definition) is 6. The van der Waals surface area contributed by atoms with Crippen molar-refractivity contribution in [3.05, 3.63) is 59.2 Å². The van der Waals surface area contributed by atoms with Crippen LogP contribution < -0.4 is 10.1 Å². The number of methoxy groups -OCH3 is 1. The van der Waals surface area contributed by atoms with Gasteiger partial charge in [-0.05, 0) is 61.2 Å². The zero-order valence-electron chi connectivity index (χ0n) is 17.8. The fourth-order valence-corrected chi connectivity index (χ4v) is 3.19. The predicted octanol–water partition coefficient (Wildman–Crippen LogP) is 3.34. The number of unbranched alkanes of at least 4 members (excludes halogenated alkanes) is 3. The van der Waals surface area contributed by atoms with E-state index < -0.39 is 6.10 Å². The van der Waals surface area contributed by atoms with Gasteiger partial charge in [-0.25, -0.2) is 0 Å². The summed E-state index contributed by atoms with van der Waals surface area (Å²) in [6, 6.07) is 12.9. The molecule has 2 rings (SSSR count). The van der Waals surface area contributed by atoms with Crippen LogP contribution in [0.1, 0.15) is 48.5 Å². The summed E-state index contributed by atoms with van der Waals surface area (Å²) in [5.41, 5.74) is 2.37. The minimum Gasteiger partial charge on any atom is -0.508 e. The SMILES string of the molecule is COc1ccc(CCOCCCCCCNCC(O)c2ccc(O)c(CO)c2)cc1. The number of ether oxygens (including phenoxy) is 2. The third-order valence-electron chi connectivity index (χ3n) is 5.08. The van der Waals surface area contributed by atoms with Crippen LogP contribution in [0.5, 0.6) is 11.5 Å². The molecule has 0 heterocycles. The minimum absolute atomic E-state index is 0.0473. The van der Waals surface area contributed by atoms with Crippen LogP contribution in [0, 0.1) is 0 Å². The Kier molecular flexibility index (Phi) is 11.3. The van der Waals surface area contributed by atoms with E-state index in [1.54, 1.807) is 19.2 Å². The Balaban J connectivity index is 1.44. The van der Waals surface area contributed by atoms with E-state index in [2.05, 4.69) is 17.4 Å². The van der Waals surface area contributed by atoms with E-state index in [1.165, 1.54) is 11.6 Å². The summed E-state index contributed by atoms with van der Waals surface area (Å²) in [5, 5.41) is 32.2. The maximum atomic E-state index is 10.2. The van der Waals surface area contributed by atoms with Gasteiger partial charge in [0.25, 0.3) is 0 Å². The molecule has 0 fully saturated rings. The Bertz CT molecular complexity index is 720. The van der Waals surface area contributed by atoms with E-state index in [1.807, 2.05) is 12.1 Å². The number of benzene rings is 2. The minimum atomic E-state index is -0.657. The van der Waals surface area contributed by atoms with Gasteiger partial charge in [-0.3, -0.25) is 0 Å². The molecule has 0 bridgehead atoms. The first-order chi connectivity index (χ1) is 14.6. The normalized spacial score (nSPS) is 12.1. The molecular weight excluding hydrogens is 382 g/mol. The number of aromatic hydroxyl groups is 1. The molecule has 0 aliphatic heterocycles. The zero-order valence-corrected chi connectivity index (χ0v) is 17.8. The van der Waals surface area contributed by atoms with Crippen molar-refractivity contribution in [2.45, 2.75) is 44.8 Å². The number of phenols is 1. The third-order valence-corrected chi connectivity index (χ3v) is 5.08. The molecule has 30 heavy (non-hydrogen) atoms. The van der Waals surface area contributed by atoms with Gasteiger partial charge in [0, 0.05) is 18.7 Å². The lowest BCUT2D eigenvalue weighted by Crippen LogP contribution is -2.22. The lowest BCUT2D eigenvalue weighted by molar-refractivity contribution is 0.132. The Morgan fingerprint density at radius 2 is 1.73 bits per heavy atom. The van der Waals surface area contributed by atoms with Gasteiger partial charge in [0.1, 0.15) is 11.5 Å². The van der Waals surface area contributed by atoms with E-state index in [9.17, 15) is 15.3 Å². The highest BCUT2D eigenvalue weighted by Crippen LogP contribution is 2.22. The molecule has 0 saturated carbocycles. The summed E-state index contributed by atoms with van der Waals surface area (Å²) in [6.07, 6.45) is 4.62. The van der Waals surface area contributed by atoms with Crippen molar-refractivity contribution >= 4 is 0 Å². The summed E-state index contributed by atoms with van der Waals surface area (Å²) >= 11 is 0. The molecule has 0 amide bonds. The standard InChI is InChI=1S/C24H35NO5/c1-29-22-9-6-19(7-10-22)12-15-30-14-5-3-2-4-13-25-17-24(28)20-8-11-23(27)21(16-20)18-26/h6-11,16,24-28H,2-5,12-15,17-18H2,1H3. The van der Waals surface area contributed by atoms with Crippen LogP contribution in [0.4, 0.5) is 0 Å². The fourth-order valence-electron chi connectivity index (χ4n) is 3.19. The lowest BCUT2D eigenvalue weighted by atomic mass is 10.1. The fraction of sp³-hybridized carbons (Fsp3) is 0.500. The highest BCUT2D eigenvalue weighted by Gasteiger charge is 2.09. The first kappa shape index (κ1) is 24.2. The second-order valence-corrected chi connectivity index (χ2v) is 7.39. The molecule has 4 N–H and O–H groups in total. The molecule has 0 aliphatic carbocycles. The Hall–Kier alpha value is -2.12. The van der Waals surface area contributed by atoms with Crippen molar-refractivity contribution in [1.29, 1.82) is 0 Å². The molecule has 0 saturated heterocycles. The monoisotopic (exact) mass is 417 g/mol. The van der Waals surface area contributed by atoms with E-state index in [-0.39, 0.29) is 12.4 Å². The van der Waals surface area contributed by atoms with E-state index in [4.69, 9.17) is 9.47 Å². The largest absolute Gasteiger partial charge is 0.508 e. The summed E-state index contributed by atoms with van der Waals surface area (Å²) in [5.74, 6) is 0.922. The second kappa shape index (κ2) is 14.0. The maximum absolute atomic E-state index is 10.2. The first-order valence-corrected chi connectivity index (χ1v) is 10.7. The Labute approximate surface area is 179 Å². The van der Waals surface area contributed by atoms with Gasteiger partial charge in [-0.2, -0.15) is 0 Å². The van der Waals surface area contributed by atoms with Gasteiger partial charge in [0.15, 0.2) is 0 Å². The van der Waals surface area contributed by atoms with Gasteiger partial charge >= 0.3 is 0 Å². The molecule has 6 nitrogen and oxygen atoms in total. The van der Waals surface area contributed by atoms with Crippen molar-refractivity contribution in [2.24, 2.45) is 0 Å². The average Bonchev–Trinajstić information content (AvgIpc) is 2.78. The molecule has 0 radical (unpaired) electrons. The van der Waals surface area contributed by atoms with E-state index in [0.717, 1.165) is 57.6 Å². The summed E-state index contributed by atoms with van der Waals surface area (Å²) in [6.45, 7) is 2.58. The van der Waals surface area contributed by atoms with E-state index in [0.29, 0.717) is 17.7 Å². The molecule has 1 atom stereocenters. The van der Waals surface area contributed by atoms with Crippen molar-refractivity contribution < 1.29 is 24.8 Å². The molecule has 6 heteroatoms. The number of rotatable bonds is 15. The van der Waals surface area contributed by atoms with Crippen LogP contribution in [0.25, 0.3) is 0 Å². The van der Waals surface area contributed by atoms with Crippen molar-refractivity contribution in [2.75, 3.05) is 33.4 Å². The average molecular weight is 418 g/mol. The smallest absolute Gasteiger partial charge is 0.121 e. The van der Waals surface area contributed by atoms with Crippen LogP contribution in [-0.4, -0.2) is 48.7 Å². The maximum Gasteiger partial charge on any atom is 0.121 e. The van der Waals surface area contributed by atoms with Gasteiger partial charge in [-0.15, -0.1) is 0 Å². The van der Waals surface area contributed by atoms with Gasteiger partial charge in [0.2, 0.25) is 0 Å². The number of nitrogens with one attached hydrogen (secondary N) is 1. The first-order valence-electron chi connectivity index (χ1n) is 10.7. The molecular formula is C24H35NO5. The topological polar surface area (TPSA) is 91.2 Å². The molecule has 0 spiro atoms. The number of aliphatic hydroxyl groups excluding tert-OH is 2. The molecule has 2 aromatic rings. The van der Waals surface area contributed by atoms with Crippen molar-refractivity contribution in [3.8, 4) is 11.5 Å². The van der Waals surface area contributed by atoms with Crippen molar-refractivity contribution in [3.63, 3.8) is 0 Å². The lowest BCUT2D eigenvalue weighted by Gasteiger charge is -2.14. The van der Waals surface area contributed by atoms with Gasteiger partial charge < -0.3 is 30.1 Å². The molecule has 0 aliphatic rings. The van der Waals surface area contributed by atoms with Crippen LogP contribution in [0.2, 0.25) is 0 Å². The van der Waals surface area contributed by atoms with E-state index >= 15 is 0 Å². The second-order valence-electron chi connectivity index (χ2n) is 7.39. The summed E-state index contributed by atoms with van der Waals surface area (Å²) < 4.78 is 10.9. The predicted molar refractivity (Wildman–Crippen MR) is 118 cm³/mol. The highest BCUT2D eigenvalue weighted by molar-refractivity contribution is 5.36. The summed E-state index contributed by atoms with van der Waals surface area (Å²) in [7, 11) is 1.67. The van der Waals surface area contributed by atoms with Crippen LogP contribution in [-0.2, 0) is 17.8 Å². The van der Waals surface area contributed by atoms with Crippen LogP contribution in [0.15, 0.2) is 42.5 Å². The molecule has 1 unspecified atom stereocenters. The summed E-state index contributed by atoms with van der Waals surface area (Å²) in [4.78, 5) is 0. The molecule has 0 aromatic heterocycles. The number of hydrogen-bond donors (Lipinski definition) is 4. The Morgan fingerprint density at radius 3 is 2.47 bits per heavy atom. The van der Waals surface area contributed by atoms with Gasteiger partial charge in [-0.1, -0.05) is 31.0 Å². The van der Waals surface area contributed by atoms with Crippen LogP contribution >= 0.6 is 0 Å². The molecule has 2 aromatic carbocycles. The quantitative estimate of drug-likeness (QED) is 0.332. The van der Waals surface area contributed by atoms with Crippen molar-refractivity contribution in [1.82, 2.24) is 5.32 Å².